The van der Waals surface area contributed by atoms with Crippen LogP contribution in [0.25, 0.3) is 0 Å². The highest BCUT2D eigenvalue weighted by Gasteiger charge is 2.32. The molecule has 98 valence electrons. The first-order valence-corrected chi connectivity index (χ1v) is 6.68. The first-order chi connectivity index (χ1) is 8.72. The van der Waals surface area contributed by atoms with Gasteiger partial charge in [0.25, 0.3) is 0 Å². The third kappa shape index (κ3) is 2.91. The van der Waals surface area contributed by atoms with Gasteiger partial charge >= 0.3 is 5.97 Å². The summed E-state index contributed by atoms with van der Waals surface area (Å²) in [6, 6.07) is 9.69. The van der Waals surface area contributed by atoms with Gasteiger partial charge in [0.05, 0.1) is 6.61 Å². The Morgan fingerprint density at radius 3 is 2.72 bits per heavy atom. The van der Waals surface area contributed by atoms with Crippen molar-refractivity contribution >= 4 is 5.97 Å². The largest absolute Gasteiger partial charge is 0.465 e. The highest BCUT2D eigenvalue weighted by Crippen LogP contribution is 2.28. The lowest BCUT2D eigenvalue weighted by atomic mass is 10.1. The Morgan fingerprint density at radius 1 is 1.44 bits per heavy atom. The molecule has 0 spiro atoms. The molecule has 1 heterocycles. The molecule has 2 atom stereocenters. The van der Waals surface area contributed by atoms with Crippen LogP contribution in [0.5, 0.6) is 0 Å². The quantitative estimate of drug-likeness (QED) is 0.766. The predicted octanol–water partition coefficient (Wildman–Crippen LogP) is 2.63. The van der Waals surface area contributed by atoms with E-state index in [4.69, 9.17) is 4.74 Å². The van der Waals surface area contributed by atoms with Crippen molar-refractivity contribution in [3.8, 4) is 0 Å². The molecule has 3 nitrogen and oxygen atoms in total. The number of benzene rings is 1. The van der Waals surface area contributed by atoms with Gasteiger partial charge in [0.2, 0.25) is 0 Å². The number of hydrogen-bond acceptors (Lipinski definition) is 3. The maximum absolute atomic E-state index is 12.2. The van der Waals surface area contributed by atoms with E-state index in [0.29, 0.717) is 12.5 Å². The Bertz CT molecular complexity index is 391. The van der Waals surface area contributed by atoms with Gasteiger partial charge in [-0.2, -0.15) is 0 Å². The Hall–Kier alpha value is -1.35. The molecule has 0 saturated carbocycles. The van der Waals surface area contributed by atoms with E-state index in [1.54, 1.807) is 0 Å². The van der Waals surface area contributed by atoms with Crippen molar-refractivity contribution in [1.82, 2.24) is 4.90 Å². The molecule has 0 N–H and O–H groups in total. The number of esters is 1. The van der Waals surface area contributed by atoms with Crippen LogP contribution in [0.2, 0.25) is 0 Å². The fraction of sp³-hybridized carbons (Fsp3) is 0.533. The van der Waals surface area contributed by atoms with Gasteiger partial charge in [0.15, 0.2) is 0 Å². The summed E-state index contributed by atoms with van der Waals surface area (Å²) in [5.74, 6) is 0.531. The van der Waals surface area contributed by atoms with Crippen LogP contribution in [-0.2, 0) is 9.53 Å². The number of rotatable bonds is 4. The van der Waals surface area contributed by atoms with Crippen LogP contribution in [0.3, 0.4) is 0 Å². The van der Waals surface area contributed by atoms with E-state index < -0.39 is 0 Å². The highest BCUT2D eigenvalue weighted by atomic mass is 16.5. The van der Waals surface area contributed by atoms with Crippen molar-refractivity contribution in [2.75, 3.05) is 19.7 Å². The summed E-state index contributed by atoms with van der Waals surface area (Å²) < 4.78 is 5.23. The van der Waals surface area contributed by atoms with Crippen LogP contribution in [0, 0.1) is 5.92 Å². The standard InChI is InChI=1S/C15H21NO2/c1-3-18-15(17)14(13-7-5-4-6-8-13)16-10-9-12(2)11-16/h4-8,12,14H,3,9-11H2,1-2H3/t12-,14?/m1/s1. The fourth-order valence-corrected chi connectivity index (χ4v) is 2.56. The molecular formula is C15H21NO2. The smallest absolute Gasteiger partial charge is 0.327 e. The molecule has 1 aliphatic rings. The molecule has 0 amide bonds. The van der Waals surface area contributed by atoms with Gasteiger partial charge in [-0.1, -0.05) is 37.3 Å². The van der Waals surface area contributed by atoms with E-state index in [0.717, 1.165) is 25.1 Å². The summed E-state index contributed by atoms with van der Waals surface area (Å²) in [5, 5.41) is 0. The molecule has 1 aromatic carbocycles. The molecular weight excluding hydrogens is 226 g/mol. The van der Waals surface area contributed by atoms with Gasteiger partial charge in [0, 0.05) is 6.54 Å². The average Bonchev–Trinajstić information content (AvgIpc) is 2.78. The van der Waals surface area contributed by atoms with Gasteiger partial charge < -0.3 is 4.74 Å². The van der Waals surface area contributed by atoms with Crippen molar-refractivity contribution in [2.24, 2.45) is 5.92 Å². The van der Waals surface area contributed by atoms with Crippen LogP contribution < -0.4 is 0 Å². The number of likely N-dealkylation sites (tertiary alicyclic amines) is 1. The molecule has 2 rings (SSSR count). The summed E-state index contributed by atoms with van der Waals surface area (Å²) in [4.78, 5) is 14.4. The molecule has 0 aliphatic carbocycles. The Kier molecular flexibility index (Phi) is 4.37. The monoisotopic (exact) mass is 247 g/mol. The summed E-state index contributed by atoms with van der Waals surface area (Å²) >= 11 is 0. The van der Waals surface area contributed by atoms with Gasteiger partial charge in [-0.25, -0.2) is 4.79 Å². The molecule has 1 aliphatic heterocycles. The van der Waals surface area contributed by atoms with Crippen LogP contribution in [0.1, 0.15) is 31.9 Å². The van der Waals surface area contributed by atoms with Crippen LogP contribution in [0.4, 0.5) is 0 Å². The van der Waals surface area contributed by atoms with Crippen molar-refractivity contribution in [3.05, 3.63) is 35.9 Å². The van der Waals surface area contributed by atoms with Crippen molar-refractivity contribution < 1.29 is 9.53 Å². The lowest BCUT2D eigenvalue weighted by Crippen LogP contribution is -2.33. The maximum Gasteiger partial charge on any atom is 0.327 e. The lowest BCUT2D eigenvalue weighted by molar-refractivity contribution is -0.149. The van der Waals surface area contributed by atoms with Gasteiger partial charge in [-0.05, 0) is 31.4 Å². The van der Waals surface area contributed by atoms with Gasteiger partial charge in [-0.15, -0.1) is 0 Å². The van der Waals surface area contributed by atoms with E-state index in [1.807, 2.05) is 37.3 Å². The van der Waals surface area contributed by atoms with Crippen molar-refractivity contribution in [1.29, 1.82) is 0 Å². The van der Waals surface area contributed by atoms with Crippen LogP contribution >= 0.6 is 0 Å². The Labute approximate surface area is 109 Å². The van der Waals surface area contributed by atoms with Crippen LogP contribution in [-0.4, -0.2) is 30.6 Å². The zero-order valence-corrected chi connectivity index (χ0v) is 11.1. The van der Waals surface area contributed by atoms with Crippen molar-refractivity contribution in [3.63, 3.8) is 0 Å². The van der Waals surface area contributed by atoms with E-state index in [-0.39, 0.29) is 12.0 Å². The zero-order valence-electron chi connectivity index (χ0n) is 11.1. The fourth-order valence-electron chi connectivity index (χ4n) is 2.56. The average molecular weight is 247 g/mol. The second kappa shape index (κ2) is 6.01. The molecule has 1 aromatic rings. The minimum Gasteiger partial charge on any atom is -0.465 e. The number of nitrogens with zero attached hydrogens (tertiary/aromatic N) is 1. The molecule has 0 aromatic heterocycles. The summed E-state index contributed by atoms with van der Waals surface area (Å²) in [5.41, 5.74) is 1.03. The summed E-state index contributed by atoms with van der Waals surface area (Å²) in [6.45, 7) is 6.46. The van der Waals surface area contributed by atoms with Crippen LogP contribution in [0.15, 0.2) is 30.3 Å². The lowest BCUT2D eigenvalue weighted by Gasteiger charge is -2.26. The maximum atomic E-state index is 12.2. The molecule has 0 radical (unpaired) electrons. The first-order valence-electron chi connectivity index (χ1n) is 6.68. The third-order valence-electron chi connectivity index (χ3n) is 3.45. The normalized spacial score (nSPS) is 21.8. The van der Waals surface area contributed by atoms with E-state index in [2.05, 4.69) is 11.8 Å². The van der Waals surface area contributed by atoms with Crippen molar-refractivity contribution in [2.45, 2.75) is 26.3 Å². The third-order valence-corrected chi connectivity index (χ3v) is 3.45. The Morgan fingerprint density at radius 2 is 2.17 bits per heavy atom. The number of ether oxygens (including phenoxy) is 1. The second-order valence-corrected chi connectivity index (χ2v) is 4.95. The number of carbonyl (C=O) groups excluding carboxylic acids is 1. The molecule has 3 heteroatoms. The summed E-state index contributed by atoms with van der Waals surface area (Å²) in [6.07, 6.45) is 1.16. The topological polar surface area (TPSA) is 29.5 Å². The van der Waals surface area contributed by atoms with E-state index >= 15 is 0 Å². The number of carbonyl (C=O) groups is 1. The molecule has 18 heavy (non-hydrogen) atoms. The van der Waals surface area contributed by atoms with Gasteiger partial charge in [-0.3, -0.25) is 4.90 Å². The number of hydrogen-bond donors (Lipinski definition) is 0. The first kappa shape index (κ1) is 13.1. The minimum absolute atomic E-state index is 0.127. The second-order valence-electron chi connectivity index (χ2n) is 4.95. The zero-order chi connectivity index (χ0) is 13.0. The highest BCUT2D eigenvalue weighted by molar-refractivity contribution is 5.77. The molecule has 1 unspecified atom stereocenters. The molecule has 1 saturated heterocycles. The molecule has 0 bridgehead atoms. The Balaban J connectivity index is 2.20. The molecule has 1 fully saturated rings. The summed E-state index contributed by atoms with van der Waals surface area (Å²) in [7, 11) is 0. The predicted molar refractivity (Wildman–Crippen MR) is 71.2 cm³/mol. The minimum atomic E-state index is -0.240. The van der Waals surface area contributed by atoms with E-state index in [9.17, 15) is 4.79 Å². The van der Waals surface area contributed by atoms with Gasteiger partial charge in [0.1, 0.15) is 6.04 Å². The van der Waals surface area contributed by atoms with E-state index in [1.165, 1.54) is 0 Å². The SMILES string of the molecule is CCOC(=O)C(c1ccccc1)N1CC[C@@H](C)C1.